The molecular weight excluding hydrogens is 280 g/mol. The summed E-state index contributed by atoms with van der Waals surface area (Å²) in [6, 6.07) is 7.17. The third kappa shape index (κ3) is 2.97. The van der Waals surface area contributed by atoms with Gasteiger partial charge in [-0.25, -0.2) is 4.68 Å². The van der Waals surface area contributed by atoms with Crippen molar-refractivity contribution in [3.05, 3.63) is 41.2 Å². The van der Waals surface area contributed by atoms with E-state index in [1.54, 1.807) is 12.1 Å². The van der Waals surface area contributed by atoms with Gasteiger partial charge in [0.2, 0.25) is 0 Å². The van der Waals surface area contributed by atoms with Gasteiger partial charge in [0.05, 0.1) is 23.5 Å². The van der Waals surface area contributed by atoms with Gasteiger partial charge in [-0.05, 0) is 19.1 Å². The minimum Gasteiger partial charge on any atom is -0.395 e. The smallest absolute Gasteiger partial charge is 0.276 e. The maximum Gasteiger partial charge on any atom is 0.276 e. The molecular formula is C13H15ClN4O2. The van der Waals surface area contributed by atoms with E-state index in [0.29, 0.717) is 17.3 Å². The molecule has 0 atom stereocenters. The van der Waals surface area contributed by atoms with Crippen molar-refractivity contribution in [1.29, 1.82) is 0 Å². The van der Waals surface area contributed by atoms with E-state index in [1.165, 1.54) is 15.8 Å². The molecule has 0 saturated heterocycles. The predicted octanol–water partition coefficient (Wildman–Crippen LogP) is 1.38. The van der Waals surface area contributed by atoms with Gasteiger partial charge in [-0.3, -0.25) is 4.79 Å². The van der Waals surface area contributed by atoms with E-state index in [2.05, 4.69) is 10.3 Å². The zero-order valence-electron chi connectivity index (χ0n) is 11.0. The fourth-order valence-electron chi connectivity index (χ4n) is 1.80. The fraction of sp³-hybridized carbons (Fsp3) is 0.308. The number of nitrogens with zero attached hydrogens (tertiary/aromatic N) is 4. The lowest BCUT2D eigenvalue weighted by Crippen LogP contribution is -2.33. The number of aliphatic hydroxyl groups is 1. The van der Waals surface area contributed by atoms with Crippen LogP contribution in [0.1, 0.15) is 17.4 Å². The van der Waals surface area contributed by atoms with E-state index in [0.717, 1.165) is 0 Å². The first-order valence-corrected chi connectivity index (χ1v) is 6.62. The molecule has 0 aliphatic rings. The summed E-state index contributed by atoms with van der Waals surface area (Å²) in [4.78, 5) is 13.7. The Balaban J connectivity index is 2.25. The van der Waals surface area contributed by atoms with Crippen LogP contribution < -0.4 is 0 Å². The average molecular weight is 295 g/mol. The van der Waals surface area contributed by atoms with E-state index in [1.807, 2.05) is 19.1 Å². The SMILES string of the molecule is CCN(CCO)C(=O)c1cn(-c2ccccc2Cl)nn1. The maximum atomic E-state index is 12.2. The Bertz CT molecular complexity index is 600. The highest BCUT2D eigenvalue weighted by molar-refractivity contribution is 6.32. The number of likely N-dealkylation sites (N-methyl/N-ethyl adjacent to an activating group) is 1. The van der Waals surface area contributed by atoms with Crippen molar-refractivity contribution >= 4 is 17.5 Å². The number of para-hydroxylation sites is 1. The van der Waals surface area contributed by atoms with Crippen molar-refractivity contribution < 1.29 is 9.90 Å². The van der Waals surface area contributed by atoms with E-state index in [9.17, 15) is 4.79 Å². The van der Waals surface area contributed by atoms with Gasteiger partial charge in [0, 0.05) is 13.1 Å². The van der Waals surface area contributed by atoms with Crippen LogP contribution >= 0.6 is 11.6 Å². The summed E-state index contributed by atoms with van der Waals surface area (Å²) in [6.45, 7) is 2.52. The van der Waals surface area contributed by atoms with E-state index in [-0.39, 0.29) is 24.8 Å². The summed E-state index contributed by atoms with van der Waals surface area (Å²) >= 11 is 6.07. The van der Waals surface area contributed by atoms with Crippen LogP contribution in [0, 0.1) is 0 Å². The number of hydrogen-bond acceptors (Lipinski definition) is 4. The van der Waals surface area contributed by atoms with Crippen molar-refractivity contribution in [2.45, 2.75) is 6.92 Å². The molecule has 0 bridgehead atoms. The van der Waals surface area contributed by atoms with Crippen molar-refractivity contribution in [2.75, 3.05) is 19.7 Å². The number of hydrogen-bond donors (Lipinski definition) is 1. The highest BCUT2D eigenvalue weighted by atomic mass is 35.5. The molecule has 1 heterocycles. The first kappa shape index (κ1) is 14.5. The van der Waals surface area contributed by atoms with Gasteiger partial charge in [0.15, 0.2) is 5.69 Å². The number of benzene rings is 1. The molecule has 1 aromatic carbocycles. The molecule has 20 heavy (non-hydrogen) atoms. The van der Waals surface area contributed by atoms with Crippen molar-refractivity contribution in [3.63, 3.8) is 0 Å². The van der Waals surface area contributed by atoms with Gasteiger partial charge in [-0.1, -0.05) is 28.9 Å². The summed E-state index contributed by atoms with van der Waals surface area (Å²) in [7, 11) is 0. The largest absolute Gasteiger partial charge is 0.395 e. The van der Waals surface area contributed by atoms with Crippen LogP contribution in [0.3, 0.4) is 0 Å². The minimum atomic E-state index is -0.264. The van der Waals surface area contributed by atoms with Gasteiger partial charge in [-0.15, -0.1) is 5.10 Å². The monoisotopic (exact) mass is 294 g/mol. The topological polar surface area (TPSA) is 71.2 Å². The number of carbonyl (C=O) groups excluding carboxylic acids is 1. The number of halogens is 1. The summed E-state index contributed by atoms with van der Waals surface area (Å²) < 4.78 is 1.46. The standard InChI is InChI=1S/C13H15ClN4O2/c1-2-17(7-8-19)13(20)11-9-18(16-15-11)12-6-4-3-5-10(12)14/h3-6,9,19H,2,7-8H2,1H3. The van der Waals surface area contributed by atoms with Gasteiger partial charge >= 0.3 is 0 Å². The lowest BCUT2D eigenvalue weighted by Gasteiger charge is -2.17. The zero-order valence-corrected chi connectivity index (χ0v) is 11.8. The Kier molecular flexibility index (Phi) is 4.70. The summed E-state index contributed by atoms with van der Waals surface area (Å²) in [5.41, 5.74) is 0.881. The van der Waals surface area contributed by atoms with E-state index in [4.69, 9.17) is 16.7 Å². The zero-order chi connectivity index (χ0) is 14.5. The number of carbonyl (C=O) groups is 1. The highest BCUT2D eigenvalue weighted by Gasteiger charge is 2.18. The molecule has 2 rings (SSSR count). The van der Waals surface area contributed by atoms with Gasteiger partial charge in [-0.2, -0.15) is 0 Å². The van der Waals surface area contributed by atoms with Crippen LogP contribution in [0.5, 0.6) is 0 Å². The van der Waals surface area contributed by atoms with E-state index >= 15 is 0 Å². The average Bonchev–Trinajstić information content (AvgIpc) is 2.94. The second-order valence-corrected chi connectivity index (χ2v) is 4.52. The Hall–Kier alpha value is -1.92. The Morgan fingerprint density at radius 1 is 1.45 bits per heavy atom. The Labute approximate surface area is 121 Å². The van der Waals surface area contributed by atoms with Crippen molar-refractivity contribution in [3.8, 4) is 5.69 Å². The third-order valence-corrected chi connectivity index (χ3v) is 3.17. The lowest BCUT2D eigenvalue weighted by molar-refractivity contribution is 0.0726. The number of aliphatic hydroxyl groups excluding tert-OH is 1. The highest BCUT2D eigenvalue weighted by Crippen LogP contribution is 2.18. The molecule has 1 aromatic heterocycles. The molecule has 0 aliphatic carbocycles. The summed E-state index contributed by atoms with van der Waals surface area (Å²) in [5.74, 6) is -0.264. The third-order valence-electron chi connectivity index (χ3n) is 2.85. The molecule has 0 unspecified atom stereocenters. The first-order chi connectivity index (χ1) is 9.67. The van der Waals surface area contributed by atoms with E-state index < -0.39 is 0 Å². The molecule has 2 aromatic rings. The van der Waals surface area contributed by atoms with Gasteiger partial charge in [0.25, 0.3) is 5.91 Å². The van der Waals surface area contributed by atoms with Crippen LogP contribution in [0.25, 0.3) is 5.69 Å². The van der Waals surface area contributed by atoms with Crippen molar-refractivity contribution in [1.82, 2.24) is 19.9 Å². The number of amides is 1. The first-order valence-electron chi connectivity index (χ1n) is 6.24. The molecule has 1 N–H and O–H groups in total. The summed E-state index contributed by atoms with van der Waals surface area (Å²) in [5, 5.41) is 17.2. The molecule has 0 fully saturated rings. The Morgan fingerprint density at radius 3 is 2.85 bits per heavy atom. The molecule has 106 valence electrons. The van der Waals surface area contributed by atoms with Crippen molar-refractivity contribution in [2.24, 2.45) is 0 Å². The Morgan fingerprint density at radius 2 is 2.20 bits per heavy atom. The maximum absolute atomic E-state index is 12.2. The molecule has 0 aliphatic heterocycles. The second-order valence-electron chi connectivity index (χ2n) is 4.11. The molecule has 0 spiro atoms. The quantitative estimate of drug-likeness (QED) is 0.904. The lowest BCUT2D eigenvalue weighted by atomic mass is 10.3. The molecule has 1 amide bonds. The van der Waals surface area contributed by atoms with Gasteiger partial charge in [0.1, 0.15) is 0 Å². The van der Waals surface area contributed by atoms with Gasteiger partial charge < -0.3 is 10.0 Å². The molecule has 0 radical (unpaired) electrons. The van der Waals surface area contributed by atoms with Crippen LogP contribution in [0.4, 0.5) is 0 Å². The van der Waals surface area contributed by atoms with Crippen LogP contribution in [-0.4, -0.2) is 50.6 Å². The number of rotatable bonds is 5. The second kappa shape index (κ2) is 6.49. The fourth-order valence-corrected chi connectivity index (χ4v) is 2.03. The predicted molar refractivity (Wildman–Crippen MR) is 75.0 cm³/mol. The van der Waals surface area contributed by atoms with Crippen LogP contribution in [0.15, 0.2) is 30.5 Å². The minimum absolute atomic E-state index is 0.0851. The normalized spacial score (nSPS) is 10.6. The molecule has 0 saturated carbocycles. The summed E-state index contributed by atoms with van der Waals surface area (Å²) in [6.07, 6.45) is 1.53. The van der Waals surface area contributed by atoms with Crippen LogP contribution in [0.2, 0.25) is 5.02 Å². The molecule has 7 heteroatoms. The number of aromatic nitrogens is 3. The van der Waals surface area contributed by atoms with Crippen LogP contribution in [-0.2, 0) is 0 Å². The molecule has 6 nitrogen and oxygen atoms in total.